The maximum Gasteiger partial charge on any atom is 0.268 e. The van der Waals surface area contributed by atoms with Gasteiger partial charge >= 0.3 is 0 Å². The first-order chi connectivity index (χ1) is 33.5. The van der Waals surface area contributed by atoms with E-state index in [1.807, 2.05) is 27.2 Å². The molecule has 0 fully saturated rings. The molecule has 0 aliphatic heterocycles. The number of aliphatic hydroxyl groups is 1. The molecule has 0 saturated carbocycles. The Labute approximate surface area is 426 Å². The minimum atomic E-state index is -4.61. The molecule has 3 unspecified atom stereocenters. The highest BCUT2D eigenvalue weighted by molar-refractivity contribution is 7.45. The van der Waals surface area contributed by atoms with Crippen molar-refractivity contribution < 1.29 is 32.9 Å². The highest BCUT2D eigenvalue weighted by Crippen LogP contribution is 2.38. The highest BCUT2D eigenvalue weighted by atomic mass is 31.2. The lowest BCUT2D eigenvalue weighted by molar-refractivity contribution is -0.870. The van der Waals surface area contributed by atoms with E-state index >= 15 is 0 Å². The zero-order chi connectivity index (χ0) is 50.6. The number of rotatable bonds is 50. The third-order valence-electron chi connectivity index (χ3n) is 12.0. The van der Waals surface area contributed by atoms with Crippen LogP contribution in [0, 0.1) is 0 Å². The summed E-state index contributed by atoms with van der Waals surface area (Å²) in [6.07, 6.45) is 72.0. The molecule has 0 aliphatic carbocycles. The summed E-state index contributed by atoms with van der Waals surface area (Å²) in [4.78, 5) is 25.4. The summed E-state index contributed by atoms with van der Waals surface area (Å²) in [6, 6.07) is -0.908. The largest absolute Gasteiger partial charge is 0.756 e. The van der Waals surface area contributed by atoms with Gasteiger partial charge in [0.1, 0.15) is 13.2 Å². The molecule has 9 heteroatoms. The molecule has 0 aromatic rings. The van der Waals surface area contributed by atoms with Gasteiger partial charge in [0.25, 0.3) is 7.82 Å². The van der Waals surface area contributed by atoms with Crippen molar-refractivity contribution in [3.8, 4) is 0 Å². The number of nitrogens with zero attached hydrogens (tertiary/aromatic N) is 1. The number of amides is 1. The number of likely N-dealkylation sites (N-methyl/N-ethyl adjacent to an activating group) is 1. The highest BCUT2D eigenvalue weighted by Gasteiger charge is 2.23. The lowest BCUT2D eigenvalue weighted by Crippen LogP contribution is -2.45. The van der Waals surface area contributed by atoms with Crippen molar-refractivity contribution in [3.05, 3.63) is 97.2 Å². The normalized spacial score (nSPS) is 14.7. The van der Waals surface area contributed by atoms with Crippen molar-refractivity contribution >= 4 is 13.7 Å². The Bertz CT molecular complexity index is 1440. The number of allylic oxidation sites excluding steroid dienone is 15. The van der Waals surface area contributed by atoms with Gasteiger partial charge in [-0.05, 0) is 83.5 Å². The predicted molar refractivity (Wildman–Crippen MR) is 297 cm³/mol. The van der Waals surface area contributed by atoms with Crippen LogP contribution in [0.2, 0.25) is 0 Å². The van der Waals surface area contributed by atoms with Gasteiger partial charge in [-0.15, -0.1) is 0 Å². The lowest BCUT2D eigenvalue weighted by atomic mass is 10.0. The molecule has 2 N–H and O–H groups in total. The van der Waals surface area contributed by atoms with Gasteiger partial charge in [-0.25, -0.2) is 0 Å². The number of quaternary nitrogens is 1. The molecule has 0 saturated heterocycles. The van der Waals surface area contributed by atoms with Gasteiger partial charge in [-0.1, -0.05) is 233 Å². The molecule has 69 heavy (non-hydrogen) atoms. The number of hydrogen-bond donors (Lipinski definition) is 2. The van der Waals surface area contributed by atoms with Crippen LogP contribution < -0.4 is 10.2 Å². The summed E-state index contributed by atoms with van der Waals surface area (Å²) in [6.45, 7) is 4.50. The van der Waals surface area contributed by atoms with Gasteiger partial charge < -0.3 is 28.8 Å². The number of nitrogens with one attached hydrogen (secondary N) is 1. The van der Waals surface area contributed by atoms with Crippen molar-refractivity contribution in [2.24, 2.45) is 0 Å². The third-order valence-corrected chi connectivity index (χ3v) is 13.0. The average molecular weight is 983 g/mol. The molecule has 1 amide bonds. The molecule has 0 rings (SSSR count). The van der Waals surface area contributed by atoms with Crippen molar-refractivity contribution in [1.29, 1.82) is 0 Å². The quantitative estimate of drug-likeness (QED) is 0.0272. The topological polar surface area (TPSA) is 108 Å². The molecule has 0 spiro atoms. The van der Waals surface area contributed by atoms with Gasteiger partial charge in [-0.2, -0.15) is 0 Å². The number of phosphoric ester groups is 1. The van der Waals surface area contributed by atoms with Crippen LogP contribution >= 0.6 is 7.82 Å². The van der Waals surface area contributed by atoms with Crippen LogP contribution in [0.4, 0.5) is 0 Å². The molecule has 8 nitrogen and oxygen atoms in total. The predicted octanol–water partition coefficient (Wildman–Crippen LogP) is 16.4. The van der Waals surface area contributed by atoms with E-state index in [1.165, 1.54) is 128 Å². The van der Waals surface area contributed by atoms with E-state index in [0.29, 0.717) is 17.4 Å². The Morgan fingerprint density at radius 3 is 1.35 bits per heavy atom. The van der Waals surface area contributed by atoms with Crippen LogP contribution in [0.15, 0.2) is 97.2 Å². The number of carbonyl (C=O) groups excluding carboxylic acids is 1. The number of unbranched alkanes of at least 4 members (excludes halogenated alkanes) is 23. The van der Waals surface area contributed by atoms with Crippen LogP contribution in [0.25, 0.3) is 0 Å². The van der Waals surface area contributed by atoms with Gasteiger partial charge in [0.05, 0.1) is 39.9 Å². The van der Waals surface area contributed by atoms with E-state index in [4.69, 9.17) is 9.05 Å². The van der Waals surface area contributed by atoms with Gasteiger partial charge in [0.2, 0.25) is 5.91 Å². The Balaban J connectivity index is 4.13. The smallest absolute Gasteiger partial charge is 0.268 e. The summed E-state index contributed by atoms with van der Waals surface area (Å²) in [5.41, 5.74) is 0. The molecule has 0 radical (unpaired) electrons. The van der Waals surface area contributed by atoms with Gasteiger partial charge in [0, 0.05) is 6.42 Å². The number of hydrogen-bond acceptors (Lipinski definition) is 6. The molecular formula is C60H107N2O6P. The van der Waals surface area contributed by atoms with Crippen LogP contribution in [-0.2, 0) is 18.4 Å². The van der Waals surface area contributed by atoms with E-state index in [1.54, 1.807) is 6.08 Å². The average Bonchev–Trinajstić information content (AvgIpc) is 3.31. The minimum absolute atomic E-state index is 0.00986. The fraction of sp³-hybridized carbons (Fsp3) is 0.717. The van der Waals surface area contributed by atoms with E-state index in [0.717, 1.165) is 77.0 Å². The first-order valence-corrected chi connectivity index (χ1v) is 29.6. The fourth-order valence-electron chi connectivity index (χ4n) is 7.64. The Morgan fingerprint density at radius 2 is 0.899 bits per heavy atom. The van der Waals surface area contributed by atoms with E-state index in [2.05, 4.69) is 104 Å². The number of aliphatic hydroxyl groups excluding tert-OH is 1. The molecule has 0 aromatic heterocycles. The SMILES string of the molecule is CC/C=C\C/C=C\C/C=C\C/C=C\C/C=C\C/C=C\CCCCCCCCCCCCCCCCC(=O)NC(COP(=O)([O-])OCC[N+](C)(C)C)C(O)/C=C/CC/C=C/CCCCCCCCCC. The maximum atomic E-state index is 12.9. The minimum Gasteiger partial charge on any atom is -0.756 e. The summed E-state index contributed by atoms with van der Waals surface area (Å²) < 4.78 is 23.3. The molecule has 0 aliphatic rings. The molecule has 0 bridgehead atoms. The van der Waals surface area contributed by atoms with Crippen molar-refractivity contribution in [2.45, 2.75) is 238 Å². The summed E-state index contributed by atoms with van der Waals surface area (Å²) in [5.74, 6) is -0.212. The second-order valence-electron chi connectivity index (χ2n) is 19.9. The monoisotopic (exact) mass is 983 g/mol. The lowest BCUT2D eigenvalue weighted by Gasteiger charge is -2.29. The fourth-order valence-corrected chi connectivity index (χ4v) is 8.37. The first-order valence-electron chi connectivity index (χ1n) is 28.1. The Kier molecular flexibility index (Phi) is 48.5. The molecule has 3 atom stereocenters. The van der Waals surface area contributed by atoms with Crippen LogP contribution in [0.5, 0.6) is 0 Å². The maximum absolute atomic E-state index is 12.9. The summed E-state index contributed by atoms with van der Waals surface area (Å²) in [7, 11) is 1.23. The summed E-state index contributed by atoms with van der Waals surface area (Å²) in [5, 5.41) is 13.8. The molecule has 0 heterocycles. The number of carbonyl (C=O) groups is 1. The molecule has 398 valence electrons. The van der Waals surface area contributed by atoms with Crippen molar-refractivity contribution in [1.82, 2.24) is 5.32 Å². The van der Waals surface area contributed by atoms with Gasteiger partial charge in [-0.3, -0.25) is 9.36 Å². The molecule has 0 aromatic carbocycles. The first kappa shape index (κ1) is 66.4. The van der Waals surface area contributed by atoms with Gasteiger partial charge in [0.15, 0.2) is 0 Å². The zero-order valence-corrected chi connectivity index (χ0v) is 46.1. The van der Waals surface area contributed by atoms with E-state index in [-0.39, 0.29) is 12.5 Å². The van der Waals surface area contributed by atoms with Crippen LogP contribution in [-0.4, -0.2) is 68.5 Å². The second kappa shape index (κ2) is 50.4. The number of phosphoric acid groups is 1. The van der Waals surface area contributed by atoms with E-state index < -0.39 is 26.6 Å². The molecular weight excluding hydrogens is 876 g/mol. The van der Waals surface area contributed by atoms with Crippen LogP contribution in [0.3, 0.4) is 0 Å². The Morgan fingerprint density at radius 1 is 0.522 bits per heavy atom. The standard InChI is InChI=1S/C60H107N2O6P/c1-6-8-10-12-14-16-18-20-22-23-24-25-26-27-28-29-30-31-32-33-34-35-36-37-38-39-40-42-44-46-48-50-52-54-60(64)61-58(57-68-69(65,66)67-56-55-62(3,4)5)59(63)53-51-49-47-45-43-41-21-19-17-15-13-11-9-7-2/h8,10,14,16,20,22,24-25,27-28,30-31,43,45,51,53,58-59,63H,6-7,9,11-13,15,17-19,21,23,26,29,32-42,44,46-50,52,54-57H2,1-5H3,(H-,61,64,65,66)/b10-8-,16-14-,22-20-,25-24-,28-27-,31-30-,45-43+,53-51+. The Hall–Kier alpha value is -2.58. The summed E-state index contributed by atoms with van der Waals surface area (Å²) >= 11 is 0. The third kappa shape index (κ3) is 53.1. The van der Waals surface area contributed by atoms with E-state index in [9.17, 15) is 19.4 Å². The van der Waals surface area contributed by atoms with Crippen molar-refractivity contribution in [2.75, 3.05) is 40.9 Å². The van der Waals surface area contributed by atoms with Crippen molar-refractivity contribution in [3.63, 3.8) is 0 Å². The second-order valence-corrected chi connectivity index (χ2v) is 21.3. The zero-order valence-electron chi connectivity index (χ0n) is 45.2. The van der Waals surface area contributed by atoms with Crippen LogP contribution in [0.1, 0.15) is 226 Å².